The van der Waals surface area contributed by atoms with Gasteiger partial charge in [0.05, 0.1) is 11.6 Å². The number of anilines is 1. The van der Waals surface area contributed by atoms with Gasteiger partial charge in [0.25, 0.3) is 0 Å². The fourth-order valence-corrected chi connectivity index (χ4v) is 2.00. The van der Waals surface area contributed by atoms with Gasteiger partial charge < -0.3 is 5.73 Å². The van der Waals surface area contributed by atoms with Crippen molar-refractivity contribution < 1.29 is 0 Å². The highest BCUT2D eigenvalue weighted by Crippen LogP contribution is 2.26. The van der Waals surface area contributed by atoms with Gasteiger partial charge in [-0.05, 0) is 36.4 Å². The first-order chi connectivity index (χ1) is 7.78. The summed E-state index contributed by atoms with van der Waals surface area (Å²) in [4.78, 5) is 5.24. The van der Waals surface area contributed by atoms with Crippen LogP contribution in [0.25, 0.3) is 0 Å². The van der Waals surface area contributed by atoms with E-state index in [2.05, 4.69) is 11.1 Å². The van der Waals surface area contributed by atoms with Gasteiger partial charge >= 0.3 is 0 Å². The van der Waals surface area contributed by atoms with Gasteiger partial charge in [0.1, 0.15) is 5.03 Å². The molecule has 0 unspecified atom stereocenters. The van der Waals surface area contributed by atoms with Crippen molar-refractivity contribution in [3.05, 3.63) is 48.2 Å². The Morgan fingerprint density at radius 1 is 1.19 bits per heavy atom. The summed E-state index contributed by atoms with van der Waals surface area (Å²) in [6, 6.07) is 13.1. The van der Waals surface area contributed by atoms with E-state index in [0.29, 0.717) is 5.56 Å². The molecule has 0 aliphatic rings. The number of nitriles is 1. The van der Waals surface area contributed by atoms with Crippen LogP contribution in [0.2, 0.25) is 0 Å². The summed E-state index contributed by atoms with van der Waals surface area (Å²) in [6.45, 7) is 0. The van der Waals surface area contributed by atoms with Crippen LogP contribution in [0.3, 0.4) is 0 Å². The summed E-state index contributed by atoms with van der Waals surface area (Å²) < 4.78 is 0. The molecule has 3 nitrogen and oxygen atoms in total. The summed E-state index contributed by atoms with van der Waals surface area (Å²) in [7, 11) is 0. The Bertz CT molecular complexity index is 529. The van der Waals surface area contributed by atoms with Gasteiger partial charge in [0, 0.05) is 16.8 Å². The summed E-state index contributed by atoms with van der Waals surface area (Å²) in [5, 5.41) is 9.57. The van der Waals surface area contributed by atoms with Crippen molar-refractivity contribution >= 4 is 17.4 Å². The van der Waals surface area contributed by atoms with E-state index in [1.54, 1.807) is 18.3 Å². The van der Waals surface area contributed by atoms with E-state index in [9.17, 15) is 0 Å². The van der Waals surface area contributed by atoms with E-state index in [0.717, 1.165) is 15.6 Å². The second-order valence-electron chi connectivity index (χ2n) is 3.17. The molecule has 0 spiro atoms. The molecular formula is C12H9N3S. The third-order valence-corrected chi connectivity index (χ3v) is 2.91. The highest BCUT2D eigenvalue weighted by molar-refractivity contribution is 7.99. The van der Waals surface area contributed by atoms with Crippen molar-refractivity contribution in [2.45, 2.75) is 9.92 Å². The molecular weight excluding hydrogens is 218 g/mol. The van der Waals surface area contributed by atoms with Crippen molar-refractivity contribution in [1.82, 2.24) is 4.98 Å². The predicted octanol–water partition coefficient (Wildman–Crippen LogP) is 2.69. The van der Waals surface area contributed by atoms with Gasteiger partial charge in [-0.3, -0.25) is 0 Å². The Balaban J connectivity index is 2.21. The molecule has 0 saturated heterocycles. The normalized spacial score (nSPS) is 9.69. The van der Waals surface area contributed by atoms with Crippen LogP contribution in [0, 0.1) is 11.3 Å². The molecule has 2 aromatic rings. The molecule has 0 bridgehead atoms. The Labute approximate surface area is 97.9 Å². The maximum atomic E-state index is 8.76. The second-order valence-corrected chi connectivity index (χ2v) is 4.26. The Hall–Kier alpha value is -1.99. The molecule has 0 saturated carbocycles. The van der Waals surface area contributed by atoms with Gasteiger partial charge in [-0.2, -0.15) is 5.26 Å². The standard InChI is InChI=1S/C12H9N3S/c13-8-9-5-6-15-12(7-9)16-11-3-1-10(14)2-4-11/h1-7H,14H2. The molecule has 0 aliphatic carbocycles. The molecule has 4 heteroatoms. The van der Waals surface area contributed by atoms with E-state index >= 15 is 0 Å². The minimum atomic E-state index is 0.618. The summed E-state index contributed by atoms with van der Waals surface area (Å²) in [6.07, 6.45) is 1.64. The van der Waals surface area contributed by atoms with E-state index in [1.807, 2.05) is 24.3 Å². The van der Waals surface area contributed by atoms with Gasteiger partial charge in [0.15, 0.2) is 0 Å². The van der Waals surface area contributed by atoms with Crippen LogP contribution in [0.5, 0.6) is 0 Å². The zero-order valence-corrected chi connectivity index (χ0v) is 9.24. The zero-order valence-electron chi connectivity index (χ0n) is 8.42. The predicted molar refractivity (Wildman–Crippen MR) is 63.9 cm³/mol. The highest BCUT2D eigenvalue weighted by atomic mass is 32.2. The second kappa shape index (κ2) is 4.69. The summed E-state index contributed by atoms with van der Waals surface area (Å²) >= 11 is 1.51. The monoisotopic (exact) mass is 227 g/mol. The number of benzene rings is 1. The molecule has 0 amide bonds. The molecule has 16 heavy (non-hydrogen) atoms. The Kier molecular flexibility index (Phi) is 3.08. The average molecular weight is 227 g/mol. The topological polar surface area (TPSA) is 62.7 Å². The maximum absolute atomic E-state index is 8.76. The van der Waals surface area contributed by atoms with Gasteiger partial charge in [0.2, 0.25) is 0 Å². The lowest BCUT2D eigenvalue weighted by Gasteiger charge is -2.01. The first kappa shape index (κ1) is 10.5. The van der Waals surface area contributed by atoms with E-state index in [4.69, 9.17) is 11.0 Å². The molecule has 2 rings (SSSR count). The number of aromatic nitrogens is 1. The Morgan fingerprint density at radius 2 is 1.94 bits per heavy atom. The van der Waals surface area contributed by atoms with Crippen molar-refractivity contribution in [2.24, 2.45) is 0 Å². The zero-order chi connectivity index (χ0) is 11.4. The lowest BCUT2D eigenvalue weighted by Crippen LogP contribution is -1.84. The van der Waals surface area contributed by atoms with Gasteiger partial charge in [-0.15, -0.1) is 0 Å². The molecule has 1 aromatic heterocycles. The lowest BCUT2D eigenvalue weighted by molar-refractivity contribution is 1.12. The Morgan fingerprint density at radius 3 is 2.62 bits per heavy atom. The first-order valence-corrected chi connectivity index (χ1v) is 5.49. The fourth-order valence-electron chi connectivity index (χ4n) is 1.19. The molecule has 2 N–H and O–H groups in total. The maximum Gasteiger partial charge on any atom is 0.102 e. The van der Waals surface area contributed by atoms with Crippen LogP contribution >= 0.6 is 11.8 Å². The minimum absolute atomic E-state index is 0.618. The number of hydrogen-bond acceptors (Lipinski definition) is 4. The number of nitrogens with zero attached hydrogens (tertiary/aromatic N) is 2. The number of pyridine rings is 1. The number of hydrogen-bond donors (Lipinski definition) is 1. The van der Waals surface area contributed by atoms with Crippen LogP contribution < -0.4 is 5.73 Å². The SMILES string of the molecule is N#Cc1ccnc(Sc2ccc(N)cc2)c1. The van der Waals surface area contributed by atoms with Gasteiger partial charge in [-0.25, -0.2) is 4.98 Å². The van der Waals surface area contributed by atoms with Crippen molar-refractivity contribution in [1.29, 1.82) is 5.26 Å². The number of nitrogens with two attached hydrogens (primary N) is 1. The van der Waals surface area contributed by atoms with Gasteiger partial charge in [-0.1, -0.05) is 11.8 Å². The van der Waals surface area contributed by atoms with Crippen molar-refractivity contribution in [3.8, 4) is 6.07 Å². The first-order valence-electron chi connectivity index (χ1n) is 4.67. The third kappa shape index (κ3) is 2.53. The quantitative estimate of drug-likeness (QED) is 0.801. The molecule has 1 aromatic carbocycles. The molecule has 0 radical (unpaired) electrons. The lowest BCUT2D eigenvalue weighted by atomic mass is 10.3. The van der Waals surface area contributed by atoms with Crippen molar-refractivity contribution in [2.75, 3.05) is 5.73 Å². The summed E-state index contributed by atoms with van der Waals surface area (Å²) in [5.74, 6) is 0. The van der Waals surface area contributed by atoms with Crippen LogP contribution in [-0.2, 0) is 0 Å². The van der Waals surface area contributed by atoms with Crippen molar-refractivity contribution in [3.63, 3.8) is 0 Å². The van der Waals surface area contributed by atoms with E-state index in [1.165, 1.54) is 11.8 Å². The summed E-state index contributed by atoms with van der Waals surface area (Å²) in [5.41, 5.74) is 6.96. The number of rotatable bonds is 2. The minimum Gasteiger partial charge on any atom is -0.399 e. The molecule has 0 atom stereocenters. The largest absolute Gasteiger partial charge is 0.399 e. The smallest absolute Gasteiger partial charge is 0.102 e. The van der Waals surface area contributed by atoms with E-state index in [-0.39, 0.29) is 0 Å². The van der Waals surface area contributed by atoms with E-state index < -0.39 is 0 Å². The van der Waals surface area contributed by atoms with Crippen LogP contribution in [-0.4, -0.2) is 4.98 Å². The van der Waals surface area contributed by atoms with Crippen LogP contribution in [0.4, 0.5) is 5.69 Å². The molecule has 0 aliphatic heterocycles. The average Bonchev–Trinajstić information content (AvgIpc) is 2.32. The number of nitrogen functional groups attached to an aromatic ring is 1. The highest BCUT2D eigenvalue weighted by Gasteiger charge is 1.99. The molecule has 1 heterocycles. The van der Waals surface area contributed by atoms with Crippen LogP contribution in [0.1, 0.15) is 5.56 Å². The molecule has 78 valence electrons. The van der Waals surface area contributed by atoms with Crippen LogP contribution in [0.15, 0.2) is 52.5 Å². The third-order valence-electron chi connectivity index (χ3n) is 1.97. The molecule has 0 fully saturated rings. The fraction of sp³-hybridized carbons (Fsp3) is 0.